The lowest BCUT2D eigenvalue weighted by Gasteiger charge is -2.35. The molecule has 1 fully saturated rings. The summed E-state index contributed by atoms with van der Waals surface area (Å²) in [6, 6.07) is 4.24. The summed E-state index contributed by atoms with van der Waals surface area (Å²) in [5.74, 6) is 1.91. The van der Waals surface area contributed by atoms with Gasteiger partial charge in [-0.3, -0.25) is 4.90 Å². The summed E-state index contributed by atoms with van der Waals surface area (Å²) < 4.78 is 11.1. The summed E-state index contributed by atoms with van der Waals surface area (Å²) in [5, 5.41) is 0. The van der Waals surface area contributed by atoms with Crippen molar-refractivity contribution >= 4 is 0 Å². The van der Waals surface area contributed by atoms with Crippen molar-refractivity contribution in [1.29, 1.82) is 0 Å². The maximum atomic E-state index is 6.07. The molecular formula is C12H20N2O2. The third kappa shape index (κ3) is 2.45. The van der Waals surface area contributed by atoms with E-state index in [0.717, 1.165) is 37.8 Å². The van der Waals surface area contributed by atoms with E-state index in [0.29, 0.717) is 0 Å². The Hall–Kier alpha value is -0.840. The number of nitrogens with two attached hydrogens (primary N) is 1. The average molecular weight is 224 g/mol. The molecule has 2 atom stereocenters. The van der Waals surface area contributed by atoms with E-state index in [1.165, 1.54) is 0 Å². The van der Waals surface area contributed by atoms with Crippen LogP contribution in [-0.4, -0.2) is 37.2 Å². The van der Waals surface area contributed by atoms with Crippen molar-refractivity contribution in [3.8, 4) is 0 Å². The number of hydrogen-bond donors (Lipinski definition) is 1. The number of morpholine rings is 1. The fourth-order valence-corrected chi connectivity index (χ4v) is 2.24. The summed E-state index contributed by atoms with van der Waals surface area (Å²) in [6.45, 7) is 7.39. The quantitative estimate of drug-likeness (QED) is 0.841. The van der Waals surface area contributed by atoms with Gasteiger partial charge < -0.3 is 14.9 Å². The molecule has 2 unspecified atom stereocenters. The Labute approximate surface area is 96.4 Å². The molecule has 2 N–H and O–H groups in total. The van der Waals surface area contributed by atoms with Gasteiger partial charge in [-0.05, 0) is 26.0 Å². The predicted octanol–water partition coefficient (Wildman–Crippen LogP) is 1.31. The molecule has 2 heterocycles. The molecule has 0 aromatic carbocycles. The van der Waals surface area contributed by atoms with Crippen LogP contribution in [0.15, 0.2) is 16.5 Å². The summed E-state index contributed by atoms with van der Waals surface area (Å²) in [4.78, 5) is 2.34. The highest BCUT2D eigenvalue weighted by Gasteiger charge is 2.27. The molecule has 1 aromatic rings. The van der Waals surface area contributed by atoms with Gasteiger partial charge in [-0.1, -0.05) is 0 Å². The molecule has 1 aromatic heterocycles. The maximum absolute atomic E-state index is 6.07. The Morgan fingerprint density at radius 3 is 2.50 bits per heavy atom. The lowest BCUT2D eigenvalue weighted by atomic mass is 10.1. The molecule has 0 aliphatic carbocycles. The first kappa shape index (κ1) is 11.6. The third-order valence-corrected chi connectivity index (χ3v) is 2.99. The number of furan rings is 1. The van der Waals surface area contributed by atoms with E-state index in [1.807, 2.05) is 26.0 Å². The van der Waals surface area contributed by atoms with Gasteiger partial charge in [0.2, 0.25) is 0 Å². The van der Waals surface area contributed by atoms with E-state index in [2.05, 4.69) is 4.90 Å². The molecule has 1 saturated heterocycles. The Balaban J connectivity index is 2.16. The Kier molecular flexibility index (Phi) is 3.63. The second kappa shape index (κ2) is 4.99. The van der Waals surface area contributed by atoms with Gasteiger partial charge in [0.05, 0.1) is 19.3 Å². The monoisotopic (exact) mass is 224 g/mol. The van der Waals surface area contributed by atoms with Crippen molar-refractivity contribution in [2.75, 3.05) is 26.3 Å². The zero-order valence-electron chi connectivity index (χ0n) is 9.98. The molecule has 1 aliphatic heterocycles. The van der Waals surface area contributed by atoms with Crippen LogP contribution in [0.1, 0.15) is 24.5 Å². The van der Waals surface area contributed by atoms with E-state index in [1.54, 1.807) is 0 Å². The SMILES string of the molecule is Cc1ccc(C(C(C)N)N2CCOCC2)o1. The van der Waals surface area contributed by atoms with Crippen LogP contribution in [0.3, 0.4) is 0 Å². The van der Waals surface area contributed by atoms with Crippen molar-refractivity contribution in [3.63, 3.8) is 0 Å². The van der Waals surface area contributed by atoms with E-state index >= 15 is 0 Å². The molecule has 90 valence electrons. The molecule has 0 bridgehead atoms. The predicted molar refractivity (Wildman–Crippen MR) is 62.2 cm³/mol. The van der Waals surface area contributed by atoms with Gasteiger partial charge in [-0.2, -0.15) is 0 Å². The first-order valence-electron chi connectivity index (χ1n) is 5.82. The van der Waals surface area contributed by atoms with Gasteiger partial charge in [-0.15, -0.1) is 0 Å². The van der Waals surface area contributed by atoms with Crippen LogP contribution in [0.25, 0.3) is 0 Å². The molecular weight excluding hydrogens is 204 g/mol. The van der Waals surface area contributed by atoms with Crippen molar-refractivity contribution in [3.05, 3.63) is 23.7 Å². The fraction of sp³-hybridized carbons (Fsp3) is 0.667. The Morgan fingerprint density at radius 1 is 1.31 bits per heavy atom. The molecule has 0 spiro atoms. The van der Waals surface area contributed by atoms with Crippen LogP contribution >= 0.6 is 0 Å². The lowest BCUT2D eigenvalue weighted by Crippen LogP contribution is -2.45. The van der Waals surface area contributed by atoms with Crippen molar-refractivity contribution < 1.29 is 9.15 Å². The van der Waals surface area contributed by atoms with Gasteiger partial charge in [-0.25, -0.2) is 0 Å². The Bertz CT molecular complexity index is 330. The zero-order chi connectivity index (χ0) is 11.5. The van der Waals surface area contributed by atoms with Gasteiger partial charge in [0, 0.05) is 19.1 Å². The maximum Gasteiger partial charge on any atom is 0.122 e. The lowest BCUT2D eigenvalue weighted by molar-refractivity contribution is 0.00664. The van der Waals surface area contributed by atoms with Gasteiger partial charge in [0.25, 0.3) is 0 Å². The van der Waals surface area contributed by atoms with E-state index in [9.17, 15) is 0 Å². The number of ether oxygens (including phenoxy) is 1. The van der Waals surface area contributed by atoms with Crippen LogP contribution in [0.5, 0.6) is 0 Å². The normalized spacial score (nSPS) is 21.9. The molecule has 2 rings (SSSR count). The van der Waals surface area contributed by atoms with Crippen LogP contribution in [0, 0.1) is 6.92 Å². The van der Waals surface area contributed by atoms with Crippen molar-refractivity contribution in [2.45, 2.75) is 25.9 Å². The highest BCUT2D eigenvalue weighted by Crippen LogP contribution is 2.25. The fourth-order valence-electron chi connectivity index (χ4n) is 2.24. The number of aryl methyl sites for hydroxylation is 1. The second-order valence-corrected chi connectivity index (χ2v) is 4.40. The highest BCUT2D eigenvalue weighted by atomic mass is 16.5. The molecule has 1 aliphatic rings. The summed E-state index contributed by atoms with van der Waals surface area (Å²) >= 11 is 0. The smallest absolute Gasteiger partial charge is 0.122 e. The second-order valence-electron chi connectivity index (χ2n) is 4.40. The van der Waals surface area contributed by atoms with E-state index in [-0.39, 0.29) is 12.1 Å². The van der Waals surface area contributed by atoms with Crippen LogP contribution in [0.4, 0.5) is 0 Å². The molecule has 4 nitrogen and oxygen atoms in total. The summed E-state index contributed by atoms with van der Waals surface area (Å²) in [5.41, 5.74) is 6.07. The molecule has 0 saturated carbocycles. The van der Waals surface area contributed by atoms with Gasteiger partial charge in [0.1, 0.15) is 11.5 Å². The highest BCUT2D eigenvalue weighted by molar-refractivity contribution is 5.12. The largest absolute Gasteiger partial charge is 0.465 e. The third-order valence-electron chi connectivity index (χ3n) is 2.99. The van der Waals surface area contributed by atoms with Gasteiger partial charge >= 0.3 is 0 Å². The first-order valence-corrected chi connectivity index (χ1v) is 5.82. The number of rotatable bonds is 3. The van der Waals surface area contributed by atoms with E-state index < -0.39 is 0 Å². The summed E-state index contributed by atoms with van der Waals surface area (Å²) in [6.07, 6.45) is 0. The standard InChI is InChI=1S/C12H20N2O2/c1-9-3-4-11(16-9)12(10(2)13)14-5-7-15-8-6-14/h3-4,10,12H,5-8,13H2,1-2H3. The Morgan fingerprint density at radius 2 is 2.00 bits per heavy atom. The van der Waals surface area contributed by atoms with Crippen LogP contribution in [0.2, 0.25) is 0 Å². The van der Waals surface area contributed by atoms with Crippen LogP contribution in [-0.2, 0) is 4.74 Å². The van der Waals surface area contributed by atoms with E-state index in [4.69, 9.17) is 14.9 Å². The minimum Gasteiger partial charge on any atom is -0.465 e. The van der Waals surface area contributed by atoms with Crippen LogP contribution < -0.4 is 5.73 Å². The topological polar surface area (TPSA) is 51.6 Å². The zero-order valence-corrected chi connectivity index (χ0v) is 9.98. The molecule has 0 amide bonds. The minimum absolute atomic E-state index is 0.0589. The van der Waals surface area contributed by atoms with Gasteiger partial charge in [0.15, 0.2) is 0 Å². The average Bonchev–Trinajstić information content (AvgIpc) is 2.66. The van der Waals surface area contributed by atoms with Crippen molar-refractivity contribution in [1.82, 2.24) is 4.90 Å². The number of nitrogens with zero attached hydrogens (tertiary/aromatic N) is 1. The minimum atomic E-state index is 0.0589. The first-order chi connectivity index (χ1) is 7.68. The molecule has 16 heavy (non-hydrogen) atoms. The molecule has 0 radical (unpaired) electrons. The van der Waals surface area contributed by atoms with Crippen molar-refractivity contribution in [2.24, 2.45) is 5.73 Å². The summed E-state index contributed by atoms with van der Waals surface area (Å²) in [7, 11) is 0. The number of hydrogen-bond acceptors (Lipinski definition) is 4. The molecule has 4 heteroatoms.